The standard InChI is InChI=1S/C29H24N2O5/c1-29(2,3)20-9-6-18(7-10-20)25-24(26(32)19-8-13-22-23(14-19)36-16-35-22)27(33)28(34)31(25)21-11-4-17(15-30)5-12-21/h4-14,25,32H,16H2,1-3H3/b26-24-. The van der Waals surface area contributed by atoms with Crippen molar-refractivity contribution in [3.8, 4) is 17.6 Å². The molecule has 7 nitrogen and oxygen atoms in total. The summed E-state index contributed by atoms with van der Waals surface area (Å²) >= 11 is 0. The van der Waals surface area contributed by atoms with Gasteiger partial charge in [0.25, 0.3) is 11.7 Å². The summed E-state index contributed by atoms with van der Waals surface area (Å²) in [7, 11) is 0. The number of hydrogen-bond donors (Lipinski definition) is 1. The average Bonchev–Trinajstić information content (AvgIpc) is 3.45. The van der Waals surface area contributed by atoms with Crippen molar-refractivity contribution < 1.29 is 24.2 Å². The molecule has 0 spiro atoms. The lowest BCUT2D eigenvalue weighted by molar-refractivity contribution is -0.132. The van der Waals surface area contributed by atoms with Crippen molar-refractivity contribution in [2.45, 2.75) is 32.2 Å². The summed E-state index contributed by atoms with van der Waals surface area (Å²) < 4.78 is 10.8. The molecule has 1 N–H and O–H groups in total. The van der Waals surface area contributed by atoms with Crippen LogP contribution in [0.4, 0.5) is 5.69 Å². The molecule has 2 aliphatic heterocycles. The number of aliphatic hydroxyl groups excluding tert-OH is 1. The molecule has 2 aliphatic rings. The lowest BCUT2D eigenvalue weighted by atomic mass is 9.85. The first-order chi connectivity index (χ1) is 17.2. The van der Waals surface area contributed by atoms with Crippen molar-refractivity contribution >= 4 is 23.1 Å². The van der Waals surface area contributed by atoms with Gasteiger partial charge in [0.2, 0.25) is 6.79 Å². The normalized spacial score (nSPS) is 18.4. The summed E-state index contributed by atoms with van der Waals surface area (Å²) in [5, 5.41) is 20.5. The molecule has 36 heavy (non-hydrogen) atoms. The van der Waals surface area contributed by atoms with Gasteiger partial charge in [-0.3, -0.25) is 14.5 Å². The Morgan fingerprint density at radius 1 is 0.972 bits per heavy atom. The van der Waals surface area contributed by atoms with Crippen molar-refractivity contribution in [3.05, 3.63) is 94.6 Å². The van der Waals surface area contributed by atoms with Gasteiger partial charge in [-0.05, 0) is 59.0 Å². The Kier molecular flexibility index (Phi) is 5.52. The average molecular weight is 481 g/mol. The van der Waals surface area contributed by atoms with Crippen LogP contribution >= 0.6 is 0 Å². The molecule has 0 aliphatic carbocycles. The summed E-state index contributed by atoms with van der Waals surface area (Å²) in [4.78, 5) is 28.0. The van der Waals surface area contributed by atoms with E-state index < -0.39 is 17.7 Å². The van der Waals surface area contributed by atoms with E-state index in [0.717, 1.165) is 5.56 Å². The fraction of sp³-hybridized carbons (Fsp3) is 0.207. The molecule has 0 radical (unpaired) electrons. The van der Waals surface area contributed by atoms with Crippen molar-refractivity contribution in [3.63, 3.8) is 0 Å². The summed E-state index contributed by atoms with van der Waals surface area (Å²) in [6.07, 6.45) is 0. The molecule has 2 heterocycles. The molecule has 180 valence electrons. The molecule has 1 atom stereocenters. The van der Waals surface area contributed by atoms with E-state index in [-0.39, 0.29) is 23.5 Å². The zero-order valence-corrected chi connectivity index (χ0v) is 20.1. The highest BCUT2D eigenvalue weighted by Crippen LogP contribution is 2.43. The molecule has 0 saturated carbocycles. The predicted molar refractivity (Wildman–Crippen MR) is 134 cm³/mol. The second-order valence-electron chi connectivity index (χ2n) is 9.77. The van der Waals surface area contributed by atoms with Crippen LogP contribution in [-0.2, 0) is 15.0 Å². The van der Waals surface area contributed by atoms with Crippen molar-refractivity contribution in [1.82, 2.24) is 0 Å². The second kappa shape index (κ2) is 8.58. The van der Waals surface area contributed by atoms with Gasteiger partial charge in [0.1, 0.15) is 5.76 Å². The first kappa shape index (κ1) is 23.2. The number of benzene rings is 3. The third-order valence-electron chi connectivity index (χ3n) is 6.46. The van der Waals surface area contributed by atoms with E-state index in [9.17, 15) is 20.0 Å². The van der Waals surface area contributed by atoms with Crippen LogP contribution in [0.2, 0.25) is 0 Å². The van der Waals surface area contributed by atoms with E-state index in [1.807, 2.05) is 24.3 Å². The molecule has 1 unspecified atom stereocenters. The van der Waals surface area contributed by atoms with Crippen LogP contribution in [0.5, 0.6) is 11.5 Å². The Morgan fingerprint density at radius 3 is 2.28 bits per heavy atom. The van der Waals surface area contributed by atoms with Crippen LogP contribution in [0.25, 0.3) is 5.76 Å². The number of Topliss-reactive ketones (excluding diaryl/α,β-unsaturated/α-hetero) is 1. The number of nitriles is 1. The van der Waals surface area contributed by atoms with E-state index in [4.69, 9.17) is 9.47 Å². The number of ether oxygens (including phenoxy) is 2. The first-order valence-electron chi connectivity index (χ1n) is 11.5. The number of aliphatic hydroxyl groups is 1. The molecule has 3 aromatic rings. The van der Waals surface area contributed by atoms with Gasteiger partial charge in [-0.25, -0.2) is 0 Å². The smallest absolute Gasteiger partial charge is 0.300 e. The number of hydrogen-bond acceptors (Lipinski definition) is 6. The zero-order chi connectivity index (χ0) is 25.6. The van der Waals surface area contributed by atoms with Crippen molar-refractivity contribution in [2.24, 2.45) is 0 Å². The Bertz CT molecular complexity index is 1440. The first-order valence-corrected chi connectivity index (χ1v) is 11.5. The number of amides is 1. The third-order valence-corrected chi connectivity index (χ3v) is 6.46. The quantitative estimate of drug-likeness (QED) is 0.314. The maximum atomic E-state index is 13.4. The number of nitrogens with zero attached hydrogens (tertiary/aromatic N) is 2. The minimum Gasteiger partial charge on any atom is -0.507 e. The number of carbonyl (C=O) groups excluding carboxylic acids is 2. The molecule has 1 fully saturated rings. The summed E-state index contributed by atoms with van der Waals surface area (Å²) in [5.41, 5.74) is 2.89. The number of anilines is 1. The SMILES string of the molecule is CC(C)(C)c1ccc(C2/C(=C(/O)c3ccc4c(c3)OCO4)C(=O)C(=O)N2c2ccc(C#N)cc2)cc1. The third kappa shape index (κ3) is 3.87. The molecular weight excluding hydrogens is 456 g/mol. The largest absolute Gasteiger partial charge is 0.507 e. The van der Waals surface area contributed by atoms with Gasteiger partial charge in [-0.15, -0.1) is 0 Å². The fourth-order valence-corrected chi connectivity index (χ4v) is 4.48. The topological polar surface area (TPSA) is 99.9 Å². The van der Waals surface area contributed by atoms with E-state index in [1.165, 1.54) is 4.90 Å². The summed E-state index contributed by atoms with van der Waals surface area (Å²) in [5.74, 6) is -0.857. The number of fused-ring (bicyclic) bond motifs is 1. The molecule has 5 rings (SSSR count). The molecule has 0 bridgehead atoms. The fourth-order valence-electron chi connectivity index (χ4n) is 4.48. The maximum Gasteiger partial charge on any atom is 0.300 e. The number of ketones is 1. The number of carbonyl (C=O) groups is 2. The van der Waals surface area contributed by atoms with Crippen LogP contribution < -0.4 is 14.4 Å². The predicted octanol–water partition coefficient (Wildman–Crippen LogP) is 5.21. The van der Waals surface area contributed by atoms with E-state index >= 15 is 0 Å². The summed E-state index contributed by atoms with van der Waals surface area (Å²) in [6, 6.07) is 20.2. The summed E-state index contributed by atoms with van der Waals surface area (Å²) in [6.45, 7) is 6.38. The monoisotopic (exact) mass is 480 g/mol. The Morgan fingerprint density at radius 2 is 1.64 bits per heavy atom. The molecule has 1 amide bonds. The molecule has 0 aromatic heterocycles. The molecule has 1 saturated heterocycles. The highest BCUT2D eigenvalue weighted by Gasteiger charge is 2.47. The highest BCUT2D eigenvalue weighted by atomic mass is 16.7. The van der Waals surface area contributed by atoms with Gasteiger partial charge in [-0.2, -0.15) is 5.26 Å². The van der Waals surface area contributed by atoms with Crippen LogP contribution in [0.1, 0.15) is 49.1 Å². The van der Waals surface area contributed by atoms with Crippen molar-refractivity contribution in [2.75, 3.05) is 11.7 Å². The number of rotatable bonds is 3. The minimum absolute atomic E-state index is 0.0215. The minimum atomic E-state index is -0.864. The highest BCUT2D eigenvalue weighted by molar-refractivity contribution is 6.51. The van der Waals surface area contributed by atoms with Crippen LogP contribution in [0.3, 0.4) is 0 Å². The second-order valence-corrected chi connectivity index (χ2v) is 9.77. The van der Waals surface area contributed by atoms with Gasteiger partial charge >= 0.3 is 0 Å². The lowest BCUT2D eigenvalue weighted by Gasteiger charge is -2.26. The van der Waals surface area contributed by atoms with Crippen molar-refractivity contribution in [1.29, 1.82) is 5.26 Å². The zero-order valence-electron chi connectivity index (χ0n) is 20.1. The van der Waals surface area contributed by atoms with E-state index in [2.05, 4.69) is 26.8 Å². The van der Waals surface area contributed by atoms with Gasteiger partial charge in [0, 0.05) is 11.3 Å². The van der Waals surface area contributed by atoms with Gasteiger partial charge < -0.3 is 14.6 Å². The van der Waals surface area contributed by atoms with E-state index in [0.29, 0.717) is 33.9 Å². The van der Waals surface area contributed by atoms with Crippen LogP contribution in [0.15, 0.2) is 72.3 Å². The van der Waals surface area contributed by atoms with Gasteiger partial charge in [0.05, 0.1) is 23.2 Å². The maximum absolute atomic E-state index is 13.4. The Labute approximate surface area is 208 Å². The van der Waals surface area contributed by atoms with Crippen LogP contribution in [0, 0.1) is 11.3 Å². The molecule has 3 aromatic carbocycles. The Balaban J connectivity index is 1.68. The van der Waals surface area contributed by atoms with Gasteiger partial charge in [0.15, 0.2) is 11.5 Å². The van der Waals surface area contributed by atoms with Gasteiger partial charge in [-0.1, -0.05) is 45.0 Å². The lowest BCUT2D eigenvalue weighted by Crippen LogP contribution is -2.29. The molecule has 7 heteroatoms. The molecular formula is C29H24N2O5. The van der Waals surface area contributed by atoms with E-state index in [1.54, 1.807) is 42.5 Å². The Hall–Kier alpha value is -4.57. The van der Waals surface area contributed by atoms with Crippen LogP contribution in [-0.4, -0.2) is 23.6 Å².